The summed E-state index contributed by atoms with van der Waals surface area (Å²) in [5.41, 5.74) is 2.25. The molecule has 2 atom stereocenters. The number of ketones is 1. The van der Waals surface area contributed by atoms with E-state index in [4.69, 9.17) is 9.47 Å². The van der Waals surface area contributed by atoms with Gasteiger partial charge < -0.3 is 9.47 Å². The van der Waals surface area contributed by atoms with Gasteiger partial charge in [0.1, 0.15) is 17.1 Å². The fourth-order valence-corrected chi connectivity index (χ4v) is 2.64. The van der Waals surface area contributed by atoms with Crippen molar-refractivity contribution in [1.82, 2.24) is 0 Å². The number of hydrogen-bond acceptors (Lipinski definition) is 3. The van der Waals surface area contributed by atoms with Crippen molar-refractivity contribution in [1.29, 1.82) is 0 Å². The topological polar surface area (TPSA) is 35.5 Å². The van der Waals surface area contributed by atoms with Gasteiger partial charge in [-0.3, -0.25) is 4.79 Å². The molecule has 0 amide bonds. The first-order valence-electron chi connectivity index (χ1n) is 6.29. The second-order valence-electron chi connectivity index (χ2n) is 4.56. The number of ether oxygens (including phenoxy) is 2. The Morgan fingerprint density at radius 2 is 1.70 bits per heavy atom. The number of carbonyl (C=O) groups is 1. The van der Waals surface area contributed by atoms with Crippen LogP contribution in [0.25, 0.3) is 0 Å². The van der Waals surface area contributed by atoms with Crippen LogP contribution in [0.1, 0.15) is 34.3 Å². The summed E-state index contributed by atoms with van der Waals surface area (Å²) in [5.74, 6) is 1.22. The fraction of sp³-hybridized carbons (Fsp3) is 0.467. The third-order valence-electron chi connectivity index (χ3n) is 3.11. The van der Waals surface area contributed by atoms with Crippen LogP contribution >= 0.6 is 9.24 Å². The fourth-order valence-electron chi connectivity index (χ4n) is 2.24. The predicted octanol–water partition coefficient (Wildman–Crippen LogP) is 2.71. The summed E-state index contributed by atoms with van der Waals surface area (Å²) >= 11 is 0. The molecule has 107 valence electrons. The molecule has 0 aliphatic carbocycles. The van der Waals surface area contributed by atoms with Gasteiger partial charge in [0.15, 0.2) is 5.78 Å². The van der Waals surface area contributed by atoms with Crippen LogP contribution in [0.4, 0.5) is 0 Å². The quantitative estimate of drug-likeness (QED) is 0.459. The Balaban J connectivity index is 0.00000361. The van der Waals surface area contributed by atoms with E-state index in [1.807, 2.05) is 19.9 Å². The van der Waals surface area contributed by atoms with Gasteiger partial charge in [-0.1, -0.05) is 13.3 Å². The van der Waals surface area contributed by atoms with E-state index in [1.165, 1.54) is 0 Å². The van der Waals surface area contributed by atoms with Crippen molar-refractivity contribution in [3.63, 3.8) is 0 Å². The van der Waals surface area contributed by atoms with Crippen LogP contribution in [0, 0.1) is 20.8 Å². The summed E-state index contributed by atoms with van der Waals surface area (Å²) in [5, 5.41) is 0. The van der Waals surface area contributed by atoms with E-state index in [2.05, 4.69) is 16.2 Å². The van der Waals surface area contributed by atoms with Gasteiger partial charge in [-0.15, -0.1) is 9.24 Å². The van der Waals surface area contributed by atoms with Crippen molar-refractivity contribution >= 4 is 33.9 Å². The monoisotopic (exact) mass is 289 g/mol. The number of methoxy groups -OCH3 is 2. The molecule has 5 heteroatoms. The molecule has 0 fully saturated rings. The normalized spacial score (nSPS) is 11.5. The Kier molecular flexibility index (Phi) is 8.52. The number of carbonyl (C=O) groups excluding carboxylic acids is 1. The van der Waals surface area contributed by atoms with E-state index in [-0.39, 0.29) is 30.3 Å². The first-order chi connectivity index (χ1) is 8.97. The number of rotatable bonds is 6. The van der Waals surface area contributed by atoms with E-state index < -0.39 is 0 Å². The minimum atomic E-state index is -0.165. The SMILES string of the molecule is [CH2]CCC(P)C(=O)c1c(OC)c(C)cc(C)c1OC.[LiH]. The zero-order valence-electron chi connectivity index (χ0n) is 12.1. The zero-order valence-corrected chi connectivity index (χ0v) is 13.2. The molecule has 0 saturated carbocycles. The van der Waals surface area contributed by atoms with E-state index in [0.717, 1.165) is 24.0 Å². The van der Waals surface area contributed by atoms with E-state index in [0.29, 0.717) is 17.1 Å². The van der Waals surface area contributed by atoms with Crippen LogP contribution in [0.5, 0.6) is 11.5 Å². The minimum absolute atomic E-state index is 0. The third kappa shape index (κ3) is 4.01. The standard InChI is InChI=1S/C15H22O3P.Li.H/c1-6-7-11(19)13(16)12-14(17-4)9(2)8-10(3)15(12)18-5;;/h8,11H,1,6-7,19H2,2-5H3;;. The van der Waals surface area contributed by atoms with Crippen molar-refractivity contribution in [2.24, 2.45) is 0 Å². The van der Waals surface area contributed by atoms with Crippen LogP contribution in [-0.2, 0) is 0 Å². The molecular weight excluding hydrogens is 266 g/mol. The summed E-state index contributed by atoms with van der Waals surface area (Å²) in [7, 11) is 5.74. The molecule has 0 aliphatic rings. The summed E-state index contributed by atoms with van der Waals surface area (Å²) < 4.78 is 10.8. The molecular formula is C15H23LiO3P. The zero-order chi connectivity index (χ0) is 14.6. The number of Topliss-reactive ketones (excluding diaryl/α,β-unsaturated/α-hetero) is 1. The second kappa shape index (κ2) is 8.73. The predicted molar refractivity (Wildman–Crippen MR) is 88.6 cm³/mol. The van der Waals surface area contributed by atoms with Gasteiger partial charge in [-0.25, -0.2) is 0 Å². The molecule has 3 nitrogen and oxygen atoms in total. The van der Waals surface area contributed by atoms with Gasteiger partial charge in [0.2, 0.25) is 0 Å². The second-order valence-corrected chi connectivity index (χ2v) is 5.37. The third-order valence-corrected chi connectivity index (χ3v) is 3.75. The Hall–Kier alpha value is -0.483. The van der Waals surface area contributed by atoms with Gasteiger partial charge in [0, 0.05) is 5.66 Å². The molecule has 0 heterocycles. The maximum atomic E-state index is 12.6. The van der Waals surface area contributed by atoms with Gasteiger partial charge in [0.05, 0.1) is 14.2 Å². The molecule has 0 spiro atoms. The van der Waals surface area contributed by atoms with Crippen molar-refractivity contribution in [2.45, 2.75) is 32.3 Å². The Morgan fingerprint density at radius 3 is 2.05 bits per heavy atom. The van der Waals surface area contributed by atoms with Gasteiger partial charge in [-0.2, -0.15) is 0 Å². The maximum absolute atomic E-state index is 12.6. The molecule has 0 N–H and O–H groups in total. The Labute approximate surface area is 136 Å². The van der Waals surface area contributed by atoms with Crippen molar-refractivity contribution in [3.8, 4) is 11.5 Å². The van der Waals surface area contributed by atoms with Gasteiger partial charge in [0.25, 0.3) is 0 Å². The molecule has 1 radical (unpaired) electrons. The Bertz CT molecular complexity index is 446. The van der Waals surface area contributed by atoms with Crippen molar-refractivity contribution in [2.75, 3.05) is 14.2 Å². The van der Waals surface area contributed by atoms with Gasteiger partial charge >= 0.3 is 18.9 Å². The number of hydrogen-bond donors (Lipinski definition) is 0. The molecule has 1 aromatic carbocycles. The summed E-state index contributed by atoms with van der Waals surface area (Å²) in [6.45, 7) is 7.66. The molecule has 0 saturated heterocycles. The van der Waals surface area contributed by atoms with Crippen LogP contribution in [0.2, 0.25) is 0 Å². The number of aryl methyl sites for hydroxylation is 2. The average Bonchev–Trinajstić information content (AvgIpc) is 2.37. The van der Waals surface area contributed by atoms with Crippen LogP contribution in [0.3, 0.4) is 0 Å². The molecule has 1 aromatic rings. The van der Waals surface area contributed by atoms with E-state index in [9.17, 15) is 4.79 Å². The van der Waals surface area contributed by atoms with Crippen LogP contribution < -0.4 is 9.47 Å². The summed E-state index contributed by atoms with van der Waals surface area (Å²) in [4.78, 5) is 12.6. The first kappa shape index (κ1) is 19.5. The van der Waals surface area contributed by atoms with Crippen molar-refractivity contribution < 1.29 is 14.3 Å². The van der Waals surface area contributed by atoms with Crippen molar-refractivity contribution in [3.05, 3.63) is 29.7 Å². The van der Waals surface area contributed by atoms with E-state index >= 15 is 0 Å². The van der Waals surface area contributed by atoms with Crippen LogP contribution in [0.15, 0.2) is 6.07 Å². The molecule has 0 bridgehead atoms. The molecule has 1 rings (SSSR count). The molecule has 2 unspecified atom stereocenters. The summed E-state index contributed by atoms with van der Waals surface area (Å²) in [6.07, 6.45) is 1.44. The summed E-state index contributed by atoms with van der Waals surface area (Å²) in [6, 6.07) is 1.97. The van der Waals surface area contributed by atoms with Gasteiger partial charge in [-0.05, 0) is 37.5 Å². The first-order valence-corrected chi connectivity index (χ1v) is 6.95. The van der Waals surface area contributed by atoms with Crippen LogP contribution in [-0.4, -0.2) is 44.5 Å². The van der Waals surface area contributed by atoms with E-state index in [1.54, 1.807) is 14.2 Å². The molecule has 0 aliphatic heterocycles. The Morgan fingerprint density at radius 1 is 1.25 bits per heavy atom. The average molecular weight is 289 g/mol. The molecule has 20 heavy (non-hydrogen) atoms. The molecule has 0 aromatic heterocycles. The number of benzene rings is 1.